The van der Waals surface area contributed by atoms with E-state index in [0.717, 1.165) is 38.5 Å². The topological polar surface area (TPSA) is 95.9 Å². The maximum Gasteiger partial charge on any atom is 0.306 e. The minimum absolute atomic E-state index is 0.0872. The molecule has 6 heteroatoms. The molecule has 0 spiro atoms. The summed E-state index contributed by atoms with van der Waals surface area (Å²) in [4.78, 5) is 26.1. The van der Waals surface area contributed by atoms with E-state index in [9.17, 15) is 19.8 Å². The van der Waals surface area contributed by atoms with Gasteiger partial charge in [0.05, 0.1) is 25.2 Å². The zero-order chi connectivity index (χ0) is 42.4. The fourth-order valence-electron chi connectivity index (χ4n) is 8.43. The second kappa shape index (κ2) is 46.9. The second-order valence-corrected chi connectivity index (χ2v) is 18.3. The lowest BCUT2D eigenvalue weighted by molar-refractivity contribution is -0.151. The molecule has 0 aliphatic carbocycles. The number of hydrogen-bond acceptors (Lipinski definition) is 5. The van der Waals surface area contributed by atoms with Crippen LogP contribution in [-0.4, -0.2) is 46.9 Å². The Hall–Kier alpha value is -1.14. The predicted molar refractivity (Wildman–Crippen MR) is 250 cm³/mol. The molecule has 0 radical (unpaired) electrons. The summed E-state index contributed by atoms with van der Waals surface area (Å²) in [6.07, 6.45) is 50.3. The van der Waals surface area contributed by atoms with Gasteiger partial charge < -0.3 is 20.3 Å². The van der Waals surface area contributed by atoms with Gasteiger partial charge in [-0.1, -0.05) is 258 Å². The number of esters is 1. The van der Waals surface area contributed by atoms with E-state index in [1.165, 1.54) is 212 Å². The first kappa shape index (κ1) is 56.9. The van der Waals surface area contributed by atoms with Crippen LogP contribution in [0.1, 0.15) is 297 Å². The Morgan fingerprint density at radius 2 is 0.724 bits per heavy atom. The summed E-state index contributed by atoms with van der Waals surface area (Å²) in [5.41, 5.74) is 0. The van der Waals surface area contributed by atoms with Crippen LogP contribution < -0.4 is 5.32 Å². The average molecular weight is 822 g/mol. The fourth-order valence-corrected chi connectivity index (χ4v) is 8.43. The maximum absolute atomic E-state index is 13.2. The lowest BCUT2D eigenvalue weighted by Crippen LogP contribution is -2.46. The van der Waals surface area contributed by atoms with Crippen LogP contribution in [0.25, 0.3) is 0 Å². The number of aliphatic hydroxyl groups is 2. The summed E-state index contributed by atoms with van der Waals surface area (Å²) in [6.45, 7) is 6.49. The molecule has 3 unspecified atom stereocenters. The summed E-state index contributed by atoms with van der Waals surface area (Å²) in [7, 11) is 0. The first-order valence-electron chi connectivity index (χ1n) is 26.3. The standard InChI is InChI=1S/C52H103NO5/c1-4-7-10-13-16-19-21-22-23-24-25-26-27-28-30-33-36-39-42-45-52(57)58-48(43-40-37-34-32-29-20-17-14-11-8-5-2)46-51(56)53-49(47-54)50(55)44-41-38-35-31-18-15-12-9-6-3/h48-50,54-55H,4-47H2,1-3H3,(H,53,56). The van der Waals surface area contributed by atoms with Crippen LogP contribution in [-0.2, 0) is 14.3 Å². The highest BCUT2D eigenvalue weighted by molar-refractivity contribution is 5.77. The molecule has 0 aromatic rings. The Morgan fingerprint density at radius 3 is 1.05 bits per heavy atom. The second-order valence-electron chi connectivity index (χ2n) is 18.3. The van der Waals surface area contributed by atoms with Gasteiger partial charge in [-0.05, 0) is 25.7 Å². The number of carbonyl (C=O) groups is 2. The summed E-state index contributed by atoms with van der Waals surface area (Å²) in [5, 5.41) is 23.7. The molecule has 0 saturated carbocycles. The van der Waals surface area contributed by atoms with Crippen molar-refractivity contribution in [3.8, 4) is 0 Å². The van der Waals surface area contributed by atoms with Crippen molar-refractivity contribution in [3.63, 3.8) is 0 Å². The van der Waals surface area contributed by atoms with Crippen LogP contribution >= 0.6 is 0 Å². The largest absolute Gasteiger partial charge is 0.462 e. The molecule has 0 bridgehead atoms. The van der Waals surface area contributed by atoms with E-state index in [2.05, 4.69) is 26.1 Å². The van der Waals surface area contributed by atoms with Gasteiger partial charge in [-0.3, -0.25) is 9.59 Å². The van der Waals surface area contributed by atoms with Crippen LogP contribution in [0, 0.1) is 0 Å². The van der Waals surface area contributed by atoms with E-state index < -0.39 is 18.2 Å². The van der Waals surface area contributed by atoms with Gasteiger partial charge in [0.25, 0.3) is 0 Å². The predicted octanol–water partition coefficient (Wildman–Crippen LogP) is 15.6. The number of rotatable bonds is 48. The number of amides is 1. The first-order chi connectivity index (χ1) is 28.5. The molecule has 3 atom stereocenters. The van der Waals surface area contributed by atoms with Crippen molar-refractivity contribution < 1.29 is 24.5 Å². The van der Waals surface area contributed by atoms with E-state index in [1.54, 1.807) is 0 Å². The maximum atomic E-state index is 13.2. The summed E-state index contributed by atoms with van der Waals surface area (Å²) < 4.78 is 5.93. The summed E-state index contributed by atoms with van der Waals surface area (Å²) in [5.74, 6) is -0.452. The minimum Gasteiger partial charge on any atom is -0.462 e. The Kier molecular flexibility index (Phi) is 46.0. The smallest absolute Gasteiger partial charge is 0.306 e. The Bertz CT molecular complexity index is 837. The normalized spacial score (nSPS) is 13.1. The molecular weight excluding hydrogens is 719 g/mol. The average Bonchev–Trinajstić information content (AvgIpc) is 3.22. The third-order valence-electron chi connectivity index (χ3n) is 12.4. The third-order valence-corrected chi connectivity index (χ3v) is 12.4. The van der Waals surface area contributed by atoms with Gasteiger partial charge in [0.2, 0.25) is 5.91 Å². The molecule has 0 aromatic heterocycles. The monoisotopic (exact) mass is 822 g/mol. The van der Waals surface area contributed by atoms with Gasteiger partial charge in [-0.25, -0.2) is 0 Å². The number of aliphatic hydroxyl groups excluding tert-OH is 2. The van der Waals surface area contributed by atoms with Crippen molar-refractivity contribution in [2.24, 2.45) is 0 Å². The summed E-state index contributed by atoms with van der Waals surface area (Å²) >= 11 is 0. The van der Waals surface area contributed by atoms with Crippen LogP contribution in [0.5, 0.6) is 0 Å². The molecule has 0 aliphatic rings. The zero-order valence-corrected chi connectivity index (χ0v) is 39.5. The van der Waals surface area contributed by atoms with E-state index in [4.69, 9.17) is 4.74 Å². The molecule has 3 N–H and O–H groups in total. The van der Waals surface area contributed by atoms with Crippen molar-refractivity contribution in [1.82, 2.24) is 5.32 Å². The highest BCUT2D eigenvalue weighted by Crippen LogP contribution is 2.19. The van der Waals surface area contributed by atoms with Gasteiger partial charge >= 0.3 is 5.97 Å². The van der Waals surface area contributed by atoms with Crippen LogP contribution in [0.4, 0.5) is 0 Å². The van der Waals surface area contributed by atoms with Crippen molar-refractivity contribution >= 4 is 11.9 Å². The Labute approximate surface area is 362 Å². The minimum atomic E-state index is -0.777. The summed E-state index contributed by atoms with van der Waals surface area (Å²) in [6, 6.07) is -0.690. The third kappa shape index (κ3) is 41.6. The molecule has 0 aromatic carbocycles. The van der Waals surface area contributed by atoms with Gasteiger partial charge in [0, 0.05) is 6.42 Å². The number of carbonyl (C=O) groups excluding carboxylic acids is 2. The van der Waals surface area contributed by atoms with Crippen LogP contribution in [0.2, 0.25) is 0 Å². The Balaban J connectivity index is 4.39. The van der Waals surface area contributed by atoms with E-state index in [0.29, 0.717) is 19.3 Å². The van der Waals surface area contributed by atoms with Crippen LogP contribution in [0.15, 0.2) is 0 Å². The highest BCUT2D eigenvalue weighted by atomic mass is 16.5. The number of hydrogen-bond donors (Lipinski definition) is 3. The van der Waals surface area contributed by atoms with E-state index >= 15 is 0 Å². The van der Waals surface area contributed by atoms with Gasteiger partial charge in [-0.15, -0.1) is 0 Å². The number of ether oxygens (including phenoxy) is 1. The number of nitrogens with one attached hydrogen (secondary N) is 1. The molecule has 346 valence electrons. The SMILES string of the molecule is CCCCCCCCCCCCCCCCCCCCCC(=O)OC(CCCCCCCCCCCCC)CC(=O)NC(CO)C(O)CCCCCCCCCCC. The van der Waals surface area contributed by atoms with Crippen molar-refractivity contribution in [2.45, 2.75) is 315 Å². The van der Waals surface area contributed by atoms with Gasteiger partial charge in [-0.2, -0.15) is 0 Å². The van der Waals surface area contributed by atoms with Crippen molar-refractivity contribution in [3.05, 3.63) is 0 Å². The van der Waals surface area contributed by atoms with Gasteiger partial charge in [0.15, 0.2) is 0 Å². The quantitative estimate of drug-likeness (QED) is 0.0420. The van der Waals surface area contributed by atoms with Crippen LogP contribution in [0.3, 0.4) is 0 Å². The van der Waals surface area contributed by atoms with Crippen molar-refractivity contribution in [2.75, 3.05) is 6.61 Å². The molecule has 0 heterocycles. The molecule has 0 saturated heterocycles. The lowest BCUT2D eigenvalue weighted by Gasteiger charge is -2.24. The molecule has 58 heavy (non-hydrogen) atoms. The number of unbranched alkanes of at least 4 members (excludes halogenated alkanes) is 36. The molecule has 0 aliphatic heterocycles. The van der Waals surface area contributed by atoms with Gasteiger partial charge in [0.1, 0.15) is 6.10 Å². The molecule has 0 fully saturated rings. The van der Waals surface area contributed by atoms with E-state index in [1.807, 2.05) is 0 Å². The fraction of sp³-hybridized carbons (Fsp3) is 0.962. The first-order valence-corrected chi connectivity index (χ1v) is 26.3. The molecule has 6 nitrogen and oxygen atoms in total. The Morgan fingerprint density at radius 1 is 0.431 bits per heavy atom. The van der Waals surface area contributed by atoms with E-state index in [-0.39, 0.29) is 24.9 Å². The molecule has 1 amide bonds. The molecule has 0 rings (SSSR count). The lowest BCUT2D eigenvalue weighted by atomic mass is 10.0. The zero-order valence-electron chi connectivity index (χ0n) is 39.5. The highest BCUT2D eigenvalue weighted by Gasteiger charge is 2.24. The van der Waals surface area contributed by atoms with Crippen molar-refractivity contribution in [1.29, 1.82) is 0 Å². The molecular formula is C52H103NO5.